The maximum Gasteiger partial charge on any atom is 0.321 e. The highest BCUT2D eigenvalue weighted by atomic mass is 32.2. The largest absolute Gasteiger partial charge is 0.456 e. The van der Waals surface area contributed by atoms with Crippen LogP contribution in [0.1, 0.15) is 22.8 Å². The first kappa shape index (κ1) is 18.8. The summed E-state index contributed by atoms with van der Waals surface area (Å²) in [6.45, 7) is 1.03. The number of esters is 1. The number of Topliss-reactive ketones (excluding diaryl/α,β-unsaturated/α-hetero) is 1. The molecule has 25 heavy (non-hydrogen) atoms. The fourth-order valence-corrected chi connectivity index (χ4v) is 3.03. The fraction of sp³-hybridized carbons (Fsp3) is 0.222. The zero-order valence-electron chi connectivity index (χ0n) is 13.8. The third kappa shape index (κ3) is 5.51. The van der Waals surface area contributed by atoms with E-state index in [1.54, 1.807) is 30.3 Å². The van der Waals surface area contributed by atoms with E-state index in [-0.39, 0.29) is 10.7 Å². The number of nitrogens with one attached hydrogen (secondary N) is 1. The van der Waals surface area contributed by atoms with Gasteiger partial charge in [0.05, 0.1) is 4.90 Å². The van der Waals surface area contributed by atoms with Gasteiger partial charge < -0.3 is 4.74 Å². The van der Waals surface area contributed by atoms with Gasteiger partial charge in [0.2, 0.25) is 10.0 Å². The Morgan fingerprint density at radius 1 is 1.00 bits per heavy atom. The number of ether oxygens (including phenoxy) is 1. The highest BCUT2D eigenvalue weighted by Gasteiger charge is 2.16. The van der Waals surface area contributed by atoms with Crippen LogP contribution in [0.5, 0.6) is 0 Å². The Balaban J connectivity index is 1.83. The number of carbonyl (C=O) groups excluding carboxylic acids is 2. The molecule has 2 aromatic rings. The Hall–Kier alpha value is -2.51. The number of benzene rings is 2. The molecule has 0 atom stereocenters. The van der Waals surface area contributed by atoms with Crippen LogP contribution in [0, 0.1) is 0 Å². The van der Waals surface area contributed by atoms with Gasteiger partial charge in [-0.3, -0.25) is 9.59 Å². The molecule has 0 heterocycles. The molecule has 6 nitrogen and oxygen atoms in total. The first-order valence-corrected chi connectivity index (χ1v) is 9.23. The van der Waals surface area contributed by atoms with E-state index in [1.165, 1.54) is 12.1 Å². The topological polar surface area (TPSA) is 89.5 Å². The lowest BCUT2D eigenvalue weighted by Crippen LogP contribution is -2.31. The molecule has 2 aromatic carbocycles. The summed E-state index contributed by atoms with van der Waals surface area (Å²) >= 11 is 0. The third-order valence-corrected chi connectivity index (χ3v) is 4.93. The molecule has 0 fully saturated rings. The van der Waals surface area contributed by atoms with E-state index in [9.17, 15) is 18.0 Å². The van der Waals surface area contributed by atoms with Crippen molar-refractivity contribution in [2.24, 2.45) is 0 Å². The van der Waals surface area contributed by atoms with Crippen molar-refractivity contribution >= 4 is 21.8 Å². The first-order chi connectivity index (χ1) is 11.9. The van der Waals surface area contributed by atoms with Gasteiger partial charge in [-0.2, -0.15) is 4.72 Å². The average molecular weight is 361 g/mol. The van der Waals surface area contributed by atoms with Crippen molar-refractivity contribution in [1.29, 1.82) is 0 Å². The van der Waals surface area contributed by atoms with E-state index < -0.39 is 29.1 Å². The zero-order valence-corrected chi connectivity index (χ0v) is 14.6. The van der Waals surface area contributed by atoms with Gasteiger partial charge >= 0.3 is 5.97 Å². The van der Waals surface area contributed by atoms with Gasteiger partial charge in [-0.25, -0.2) is 8.42 Å². The van der Waals surface area contributed by atoms with Crippen molar-refractivity contribution in [3.63, 3.8) is 0 Å². The normalized spacial score (nSPS) is 11.1. The molecule has 0 unspecified atom stereocenters. The number of carbonyl (C=O) groups is 2. The SMILES string of the molecule is CCc1ccc(C(=O)COC(=O)CNS(=O)(=O)c2ccccc2)cc1. The van der Waals surface area contributed by atoms with E-state index in [0.717, 1.165) is 12.0 Å². The lowest BCUT2D eigenvalue weighted by Gasteiger charge is -2.07. The van der Waals surface area contributed by atoms with E-state index in [1.807, 2.05) is 19.1 Å². The second kappa shape index (κ2) is 8.55. The number of hydrogen-bond donors (Lipinski definition) is 1. The lowest BCUT2D eigenvalue weighted by molar-refractivity contribution is -0.141. The van der Waals surface area contributed by atoms with Crippen LogP contribution in [-0.2, 0) is 26.0 Å². The molecule has 0 aromatic heterocycles. The van der Waals surface area contributed by atoms with Crippen molar-refractivity contribution in [1.82, 2.24) is 4.72 Å². The quantitative estimate of drug-likeness (QED) is 0.573. The standard InChI is InChI=1S/C18H19NO5S/c1-2-14-8-10-15(11-9-14)17(20)13-24-18(21)12-19-25(22,23)16-6-4-3-5-7-16/h3-11,19H,2,12-13H2,1H3. The first-order valence-electron chi connectivity index (χ1n) is 7.75. The Kier molecular flexibility index (Phi) is 6.44. The second-order valence-electron chi connectivity index (χ2n) is 5.27. The monoisotopic (exact) mass is 361 g/mol. The number of aryl methyl sites for hydroxylation is 1. The molecule has 0 bridgehead atoms. The molecule has 0 amide bonds. The van der Waals surface area contributed by atoms with Gasteiger partial charge in [0, 0.05) is 5.56 Å². The van der Waals surface area contributed by atoms with Crippen LogP contribution in [0.25, 0.3) is 0 Å². The van der Waals surface area contributed by atoms with Crippen LogP contribution in [-0.4, -0.2) is 33.3 Å². The minimum atomic E-state index is -3.79. The molecule has 2 rings (SSSR count). The molecule has 0 radical (unpaired) electrons. The smallest absolute Gasteiger partial charge is 0.321 e. The molecular weight excluding hydrogens is 342 g/mol. The zero-order chi connectivity index (χ0) is 18.3. The van der Waals surface area contributed by atoms with Gasteiger partial charge in [0.1, 0.15) is 6.54 Å². The van der Waals surface area contributed by atoms with Crippen LogP contribution in [0.2, 0.25) is 0 Å². The van der Waals surface area contributed by atoms with Crippen molar-refractivity contribution < 1.29 is 22.7 Å². The summed E-state index contributed by atoms with van der Waals surface area (Å²) in [7, 11) is -3.79. The van der Waals surface area contributed by atoms with Crippen molar-refractivity contribution in [2.75, 3.05) is 13.2 Å². The number of hydrogen-bond acceptors (Lipinski definition) is 5. The minimum Gasteiger partial charge on any atom is -0.456 e. The Morgan fingerprint density at radius 3 is 2.24 bits per heavy atom. The molecular formula is C18H19NO5S. The number of ketones is 1. The van der Waals surface area contributed by atoms with Crippen LogP contribution >= 0.6 is 0 Å². The maximum atomic E-state index is 12.0. The van der Waals surface area contributed by atoms with Crippen LogP contribution in [0.4, 0.5) is 0 Å². The molecule has 7 heteroatoms. The molecule has 0 aliphatic heterocycles. The lowest BCUT2D eigenvalue weighted by atomic mass is 10.1. The Bertz CT molecular complexity index is 830. The Labute approximate surface area is 146 Å². The maximum absolute atomic E-state index is 12.0. The van der Waals surface area contributed by atoms with Gasteiger partial charge in [-0.05, 0) is 24.1 Å². The molecule has 0 aliphatic carbocycles. The van der Waals surface area contributed by atoms with Crippen LogP contribution < -0.4 is 4.72 Å². The minimum absolute atomic E-state index is 0.0508. The van der Waals surface area contributed by atoms with Gasteiger partial charge in [0.15, 0.2) is 12.4 Å². The van der Waals surface area contributed by atoms with Crippen molar-refractivity contribution in [3.8, 4) is 0 Å². The van der Waals surface area contributed by atoms with Crippen molar-refractivity contribution in [3.05, 3.63) is 65.7 Å². The third-order valence-electron chi connectivity index (χ3n) is 3.51. The van der Waals surface area contributed by atoms with E-state index in [0.29, 0.717) is 5.56 Å². The molecule has 1 N–H and O–H groups in total. The Morgan fingerprint density at radius 2 is 1.64 bits per heavy atom. The molecule has 132 valence electrons. The number of rotatable bonds is 8. The van der Waals surface area contributed by atoms with Gasteiger partial charge in [-0.1, -0.05) is 49.4 Å². The average Bonchev–Trinajstić information content (AvgIpc) is 2.65. The number of sulfonamides is 1. The highest BCUT2D eigenvalue weighted by Crippen LogP contribution is 2.07. The summed E-state index contributed by atoms with van der Waals surface area (Å²) in [5.74, 6) is -1.17. The van der Waals surface area contributed by atoms with E-state index in [2.05, 4.69) is 4.72 Å². The van der Waals surface area contributed by atoms with Crippen LogP contribution in [0.15, 0.2) is 59.5 Å². The molecule has 0 spiro atoms. The predicted octanol–water partition coefficient (Wildman–Crippen LogP) is 1.95. The van der Waals surface area contributed by atoms with E-state index >= 15 is 0 Å². The summed E-state index contributed by atoms with van der Waals surface area (Å²) in [4.78, 5) is 23.7. The summed E-state index contributed by atoms with van der Waals surface area (Å²) in [5.41, 5.74) is 1.54. The highest BCUT2D eigenvalue weighted by molar-refractivity contribution is 7.89. The van der Waals surface area contributed by atoms with Crippen molar-refractivity contribution in [2.45, 2.75) is 18.2 Å². The van der Waals surface area contributed by atoms with E-state index in [4.69, 9.17) is 4.74 Å². The molecule has 0 saturated heterocycles. The summed E-state index contributed by atoms with van der Waals surface area (Å²) in [6.07, 6.45) is 0.866. The molecule has 0 aliphatic rings. The van der Waals surface area contributed by atoms with Gasteiger partial charge in [-0.15, -0.1) is 0 Å². The summed E-state index contributed by atoms with van der Waals surface area (Å²) in [6, 6.07) is 14.7. The summed E-state index contributed by atoms with van der Waals surface area (Å²) in [5, 5.41) is 0. The second-order valence-corrected chi connectivity index (χ2v) is 7.04. The van der Waals surface area contributed by atoms with Crippen LogP contribution in [0.3, 0.4) is 0 Å². The van der Waals surface area contributed by atoms with Gasteiger partial charge in [0.25, 0.3) is 0 Å². The predicted molar refractivity (Wildman–Crippen MR) is 92.7 cm³/mol. The fourth-order valence-electron chi connectivity index (χ4n) is 2.04. The summed E-state index contributed by atoms with van der Waals surface area (Å²) < 4.78 is 30.9. The molecule has 0 saturated carbocycles.